The average molecular weight is 362 g/mol. The molecule has 1 aromatic heterocycles. The largest absolute Gasteiger partial charge is 0.487 e. The molecule has 0 amide bonds. The number of likely N-dealkylation sites (N-methyl/N-ethyl adjacent to an activating group) is 1. The average Bonchev–Trinajstić information content (AvgIpc) is 2.61. The van der Waals surface area contributed by atoms with Gasteiger partial charge in [-0.2, -0.15) is 0 Å². The molecule has 4 rings (SSSR count). The number of halogens is 1. The second-order valence-electron chi connectivity index (χ2n) is 6.87. The molecule has 1 atom stereocenters. The van der Waals surface area contributed by atoms with Crippen molar-refractivity contribution in [2.24, 2.45) is 0 Å². The second kappa shape index (κ2) is 5.98. The molecule has 0 bridgehead atoms. The maximum atomic E-state index is 15.0. The SMILES string of the molecule is [2H]c1c(C(=O)O)c(=O)c2cc(F)c(N3CCN(C)CC3)c3c2n1[C@@H](C)CO3. The molecule has 3 heterocycles. The zero-order valence-electron chi connectivity index (χ0n) is 15.6. The van der Waals surface area contributed by atoms with Gasteiger partial charge in [0.2, 0.25) is 5.43 Å². The number of ether oxygens (including phenoxy) is 1. The number of benzene rings is 1. The van der Waals surface area contributed by atoms with E-state index >= 15 is 4.39 Å². The summed E-state index contributed by atoms with van der Waals surface area (Å²) in [5, 5.41) is 9.31. The summed E-state index contributed by atoms with van der Waals surface area (Å²) in [5.74, 6) is -1.89. The van der Waals surface area contributed by atoms with Gasteiger partial charge in [-0.3, -0.25) is 4.79 Å². The molecule has 2 aromatic rings. The molecule has 0 saturated carbocycles. The highest BCUT2D eigenvalue weighted by Gasteiger charge is 2.30. The molecule has 0 spiro atoms. The number of hydrogen-bond donors (Lipinski definition) is 1. The molecular formula is C18H20FN3O4. The van der Waals surface area contributed by atoms with E-state index in [1.807, 2.05) is 11.9 Å². The predicted molar refractivity (Wildman–Crippen MR) is 95.0 cm³/mol. The van der Waals surface area contributed by atoms with Gasteiger partial charge in [0.1, 0.15) is 17.9 Å². The minimum absolute atomic E-state index is 0.0691. The minimum Gasteiger partial charge on any atom is -0.487 e. The highest BCUT2D eigenvalue weighted by atomic mass is 19.1. The Balaban J connectivity index is 2.06. The van der Waals surface area contributed by atoms with Crippen LogP contribution in [0.5, 0.6) is 5.75 Å². The Bertz CT molecular complexity index is 1010. The quantitative estimate of drug-likeness (QED) is 0.874. The van der Waals surface area contributed by atoms with Crippen molar-refractivity contribution in [2.45, 2.75) is 13.0 Å². The van der Waals surface area contributed by atoms with Crippen molar-refractivity contribution in [3.8, 4) is 5.75 Å². The number of piperazine rings is 1. The van der Waals surface area contributed by atoms with Crippen LogP contribution in [-0.2, 0) is 0 Å². The number of hydrogen-bond acceptors (Lipinski definition) is 5. The summed E-state index contributed by atoms with van der Waals surface area (Å²) in [5.41, 5.74) is -0.933. The van der Waals surface area contributed by atoms with Gasteiger partial charge in [0.15, 0.2) is 11.6 Å². The molecule has 8 heteroatoms. The first-order chi connectivity index (χ1) is 12.8. The van der Waals surface area contributed by atoms with Crippen LogP contribution in [0.3, 0.4) is 0 Å². The molecule has 0 unspecified atom stereocenters. The van der Waals surface area contributed by atoms with Gasteiger partial charge in [-0.15, -0.1) is 0 Å². The van der Waals surface area contributed by atoms with E-state index in [4.69, 9.17) is 6.11 Å². The van der Waals surface area contributed by atoms with E-state index in [1.54, 1.807) is 6.92 Å². The molecule has 138 valence electrons. The smallest absolute Gasteiger partial charge is 0.341 e. The van der Waals surface area contributed by atoms with Crippen molar-refractivity contribution in [2.75, 3.05) is 44.7 Å². The summed E-state index contributed by atoms with van der Waals surface area (Å²) < 4.78 is 30.6. The topological polar surface area (TPSA) is 75.0 Å². The zero-order valence-corrected chi connectivity index (χ0v) is 14.6. The Morgan fingerprint density at radius 3 is 2.73 bits per heavy atom. The molecule has 2 aliphatic heterocycles. The lowest BCUT2D eigenvalue weighted by molar-refractivity contribution is 0.0694. The Morgan fingerprint density at radius 2 is 2.08 bits per heavy atom. The van der Waals surface area contributed by atoms with Crippen LogP contribution in [0.15, 0.2) is 17.0 Å². The normalized spacial score (nSPS) is 20.8. The molecule has 2 aliphatic rings. The van der Waals surface area contributed by atoms with Crippen molar-refractivity contribution in [1.29, 1.82) is 0 Å². The molecule has 0 aliphatic carbocycles. The Morgan fingerprint density at radius 1 is 1.38 bits per heavy atom. The van der Waals surface area contributed by atoms with Crippen molar-refractivity contribution >= 4 is 22.6 Å². The molecular weight excluding hydrogens is 341 g/mol. The molecule has 26 heavy (non-hydrogen) atoms. The third-order valence-electron chi connectivity index (χ3n) is 5.07. The Hall–Kier alpha value is -2.61. The molecule has 0 radical (unpaired) electrons. The summed E-state index contributed by atoms with van der Waals surface area (Å²) in [6.45, 7) is 4.69. The number of carboxylic acids is 1. The lowest BCUT2D eigenvalue weighted by Gasteiger charge is -2.37. The summed E-state index contributed by atoms with van der Waals surface area (Å²) in [4.78, 5) is 28.2. The molecule has 1 aromatic carbocycles. The first-order valence-electron chi connectivity index (χ1n) is 9.02. The Labute approximate surface area is 150 Å². The summed E-state index contributed by atoms with van der Waals surface area (Å²) in [6, 6.07) is 0.732. The standard InChI is InChI=1S/C18H20FN3O4/c1-10-9-26-17-14-11(16(23)12(18(24)25)8-22(10)14)7-13(19)15(17)21-5-3-20(2)4-6-21/h7-8,10H,3-6,9H2,1-2H3,(H,24,25)/t10-/m0/s1/i8D. The monoisotopic (exact) mass is 362 g/mol. The molecule has 1 saturated heterocycles. The predicted octanol–water partition coefficient (Wildman–Crippen LogP) is 1.54. The van der Waals surface area contributed by atoms with E-state index in [0.29, 0.717) is 18.6 Å². The maximum Gasteiger partial charge on any atom is 0.341 e. The van der Waals surface area contributed by atoms with Gasteiger partial charge in [-0.1, -0.05) is 0 Å². The van der Waals surface area contributed by atoms with E-state index in [-0.39, 0.29) is 35.6 Å². The molecule has 1 N–H and O–H groups in total. The van der Waals surface area contributed by atoms with Crippen LogP contribution in [0.4, 0.5) is 10.1 Å². The third kappa shape index (κ3) is 2.44. The van der Waals surface area contributed by atoms with Gasteiger partial charge in [0.05, 0.1) is 18.3 Å². The van der Waals surface area contributed by atoms with Crippen LogP contribution in [0.1, 0.15) is 24.7 Å². The first kappa shape index (κ1) is 15.6. The van der Waals surface area contributed by atoms with Crippen molar-refractivity contribution in [1.82, 2.24) is 9.47 Å². The van der Waals surface area contributed by atoms with Crippen molar-refractivity contribution < 1.29 is 20.4 Å². The van der Waals surface area contributed by atoms with Crippen molar-refractivity contribution in [3.63, 3.8) is 0 Å². The van der Waals surface area contributed by atoms with Crippen LogP contribution in [0.25, 0.3) is 10.9 Å². The summed E-state index contributed by atoms with van der Waals surface area (Å²) >= 11 is 0. The van der Waals surface area contributed by atoms with Gasteiger partial charge >= 0.3 is 5.97 Å². The summed E-state index contributed by atoms with van der Waals surface area (Å²) in [6.07, 6.45) is -0.381. The van der Waals surface area contributed by atoms with Gasteiger partial charge in [-0.05, 0) is 20.0 Å². The van der Waals surface area contributed by atoms with E-state index < -0.39 is 22.8 Å². The van der Waals surface area contributed by atoms with E-state index in [9.17, 15) is 14.7 Å². The number of carbonyl (C=O) groups is 1. The van der Waals surface area contributed by atoms with E-state index in [1.165, 1.54) is 4.57 Å². The van der Waals surface area contributed by atoms with Crippen molar-refractivity contribution in [3.05, 3.63) is 33.8 Å². The van der Waals surface area contributed by atoms with Crippen LogP contribution in [-0.4, -0.2) is 60.4 Å². The number of rotatable bonds is 2. The van der Waals surface area contributed by atoms with Crippen LogP contribution in [0.2, 0.25) is 0 Å². The molecule has 1 fully saturated rings. The van der Waals surface area contributed by atoms with Crippen LogP contribution < -0.4 is 15.1 Å². The van der Waals surface area contributed by atoms with E-state index in [2.05, 4.69) is 4.90 Å². The van der Waals surface area contributed by atoms with Gasteiger partial charge in [0.25, 0.3) is 0 Å². The number of aromatic nitrogens is 1. The fraction of sp³-hybridized carbons (Fsp3) is 0.444. The zero-order chi connectivity index (χ0) is 19.5. The maximum absolute atomic E-state index is 15.0. The number of anilines is 1. The van der Waals surface area contributed by atoms with Crippen LogP contribution >= 0.6 is 0 Å². The number of aromatic carboxylic acids is 1. The van der Waals surface area contributed by atoms with Crippen LogP contribution in [0, 0.1) is 5.82 Å². The third-order valence-corrected chi connectivity index (χ3v) is 5.07. The Kier molecular flexibility index (Phi) is 3.59. The fourth-order valence-corrected chi connectivity index (χ4v) is 3.60. The fourth-order valence-electron chi connectivity index (χ4n) is 3.60. The van der Waals surface area contributed by atoms with Gasteiger partial charge in [0, 0.05) is 32.4 Å². The highest BCUT2D eigenvalue weighted by molar-refractivity contribution is 5.97. The van der Waals surface area contributed by atoms with E-state index in [0.717, 1.165) is 19.2 Å². The number of carboxylic acid groups (broad SMARTS) is 1. The first-order valence-corrected chi connectivity index (χ1v) is 8.52. The van der Waals surface area contributed by atoms with Gasteiger partial charge in [-0.25, -0.2) is 9.18 Å². The lowest BCUT2D eigenvalue weighted by Crippen LogP contribution is -2.45. The second-order valence-corrected chi connectivity index (χ2v) is 6.87. The number of nitrogens with zero attached hydrogens (tertiary/aromatic N) is 3. The highest BCUT2D eigenvalue weighted by Crippen LogP contribution is 2.42. The number of pyridine rings is 1. The minimum atomic E-state index is -1.49. The van der Waals surface area contributed by atoms with Gasteiger partial charge < -0.3 is 24.2 Å². The summed E-state index contributed by atoms with van der Waals surface area (Å²) in [7, 11) is 1.99. The molecule has 7 nitrogen and oxygen atoms in total. The lowest BCUT2D eigenvalue weighted by atomic mass is 10.1.